The van der Waals surface area contributed by atoms with Gasteiger partial charge in [-0.2, -0.15) is 0 Å². The van der Waals surface area contributed by atoms with E-state index in [-0.39, 0.29) is 18.3 Å². The molecule has 0 saturated heterocycles. The van der Waals surface area contributed by atoms with Crippen molar-refractivity contribution in [2.75, 3.05) is 20.1 Å². The number of carbonyl (C=O) groups is 1. The number of rotatable bonds is 6. The molecule has 7 heteroatoms. The van der Waals surface area contributed by atoms with E-state index < -0.39 is 0 Å². The van der Waals surface area contributed by atoms with E-state index in [1.165, 1.54) is 0 Å². The number of benzene rings is 1. The third-order valence-electron chi connectivity index (χ3n) is 2.95. The van der Waals surface area contributed by atoms with Crippen LogP contribution >= 0.6 is 11.6 Å². The van der Waals surface area contributed by atoms with Crippen LogP contribution in [0, 0.1) is 0 Å². The van der Waals surface area contributed by atoms with Crippen molar-refractivity contribution in [1.29, 1.82) is 0 Å². The molecule has 20 heavy (non-hydrogen) atoms. The lowest BCUT2D eigenvalue weighted by Crippen LogP contribution is -2.35. The van der Waals surface area contributed by atoms with E-state index in [4.69, 9.17) is 22.5 Å². The molecule has 0 fully saturated rings. The van der Waals surface area contributed by atoms with Crippen LogP contribution in [-0.4, -0.2) is 42.0 Å². The van der Waals surface area contributed by atoms with Crippen LogP contribution < -0.4 is 11.1 Å². The number of hydrogen-bond donors (Lipinski definition) is 3. The number of likely N-dealkylation sites (N-methyl/N-ethyl adjacent to an activating group) is 1. The normalized spacial score (nSPS) is 11.4. The first-order valence-electron chi connectivity index (χ1n) is 6.20. The van der Waals surface area contributed by atoms with Gasteiger partial charge in [-0.1, -0.05) is 28.9 Å². The van der Waals surface area contributed by atoms with Crippen LogP contribution in [0.4, 0.5) is 0 Å². The summed E-state index contributed by atoms with van der Waals surface area (Å²) >= 11 is 6.11. The molecule has 6 nitrogen and oxygen atoms in total. The number of nitrogens with two attached hydrogens (primary N) is 1. The van der Waals surface area contributed by atoms with Gasteiger partial charge in [-0.3, -0.25) is 4.79 Å². The average Bonchev–Trinajstić information content (AvgIpc) is 2.46. The van der Waals surface area contributed by atoms with Crippen LogP contribution in [-0.2, 0) is 11.3 Å². The highest BCUT2D eigenvalue weighted by Crippen LogP contribution is 2.17. The summed E-state index contributed by atoms with van der Waals surface area (Å²) in [4.78, 5) is 13.2. The van der Waals surface area contributed by atoms with Crippen LogP contribution in [0.15, 0.2) is 23.4 Å². The van der Waals surface area contributed by atoms with Crippen molar-refractivity contribution in [3.63, 3.8) is 0 Å². The minimum absolute atomic E-state index is 0.00570. The van der Waals surface area contributed by atoms with Gasteiger partial charge >= 0.3 is 0 Å². The van der Waals surface area contributed by atoms with E-state index in [2.05, 4.69) is 10.5 Å². The summed E-state index contributed by atoms with van der Waals surface area (Å²) in [5.41, 5.74) is 6.86. The molecule has 0 aliphatic rings. The van der Waals surface area contributed by atoms with Crippen LogP contribution in [0.5, 0.6) is 0 Å². The number of hydrogen-bond acceptors (Lipinski definition) is 4. The van der Waals surface area contributed by atoms with Gasteiger partial charge in [0.2, 0.25) is 5.91 Å². The molecule has 1 amide bonds. The van der Waals surface area contributed by atoms with E-state index in [1.807, 2.05) is 6.92 Å². The Morgan fingerprint density at radius 1 is 1.55 bits per heavy atom. The maximum atomic E-state index is 11.6. The minimum atomic E-state index is 0.00570. The summed E-state index contributed by atoms with van der Waals surface area (Å²) in [5.74, 6) is 0.0306. The highest BCUT2D eigenvalue weighted by Gasteiger charge is 2.08. The van der Waals surface area contributed by atoms with Gasteiger partial charge in [0.25, 0.3) is 0 Å². The molecule has 0 atom stereocenters. The molecule has 0 aliphatic carbocycles. The highest BCUT2D eigenvalue weighted by atomic mass is 35.5. The Morgan fingerprint density at radius 3 is 2.80 bits per heavy atom. The summed E-state index contributed by atoms with van der Waals surface area (Å²) in [7, 11) is 1.75. The molecule has 0 heterocycles. The fourth-order valence-electron chi connectivity index (χ4n) is 1.52. The second kappa shape index (κ2) is 7.72. The maximum absolute atomic E-state index is 11.6. The highest BCUT2D eigenvalue weighted by molar-refractivity contribution is 6.31. The lowest BCUT2D eigenvalue weighted by molar-refractivity contribution is -0.128. The van der Waals surface area contributed by atoms with E-state index in [9.17, 15) is 4.79 Å². The molecule has 0 spiro atoms. The van der Waals surface area contributed by atoms with Gasteiger partial charge in [0, 0.05) is 30.7 Å². The van der Waals surface area contributed by atoms with Crippen molar-refractivity contribution in [2.24, 2.45) is 10.9 Å². The Bertz CT molecular complexity index is 505. The third kappa shape index (κ3) is 4.40. The fraction of sp³-hybridized carbons (Fsp3) is 0.385. The lowest BCUT2D eigenvalue weighted by Gasteiger charge is -2.15. The number of amidine groups is 1. The lowest BCUT2D eigenvalue weighted by atomic mass is 10.1. The molecular formula is C13H19ClN4O2. The molecule has 110 valence electrons. The first kappa shape index (κ1) is 16.3. The summed E-state index contributed by atoms with van der Waals surface area (Å²) in [6, 6.07) is 5.10. The van der Waals surface area contributed by atoms with Crippen molar-refractivity contribution in [3.8, 4) is 0 Å². The number of nitrogens with zero attached hydrogens (tertiary/aromatic N) is 2. The molecule has 0 radical (unpaired) electrons. The van der Waals surface area contributed by atoms with Crippen molar-refractivity contribution < 1.29 is 10.0 Å². The predicted octanol–water partition coefficient (Wildman–Crippen LogP) is 1.00. The van der Waals surface area contributed by atoms with E-state index in [0.717, 1.165) is 5.56 Å². The minimum Gasteiger partial charge on any atom is -0.409 e. The molecule has 1 aromatic rings. The van der Waals surface area contributed by atoms with Gasteiger partial charge in [0.15, 0.2) is 5.84 Å². The SMILES string of the molecule is CCN(C)C(=O)CNCc1ccc(/C(N)=N/O)cc1Cl. The Labute approximate surface area is 123 Å². The van der Waals surface area contributed by atoms with Crippen LogP contribution in [0.3, 0.4) is 0 Å². The monoisotopic (exact) mass is 298 g/mol. The van der Waals surface area contributed by atoms with Crippen LogP contribution in [0.1, 0.15) is 18.1 Å². The smallest absolute Gasteiger partial charge is 0.236 e. The zero-order chi connectivity index (χ0) is 15.1. The third-order valence-corrected chi connectivity index (χ3v) is 3.30. The molecule has 0 aliphatic heterocycles. The quantitative estimate of drug-likeness (QED) is 0.316. The second-order valence-electron chi connectivity index (χ2n) is 4.30. The fourth-order valence-corrected chi connectivity index (χ4v) is 1.77. The van der Waals surface area contributed by atoms with Gasteiger partial charge in [-0.25, -0.2) is 0 Å². The Kier molecular flexibility index (Phi) is 6.27. The molecule has 0 saturated carbocycles. The van der Waals surface area contributed by atoms with Gasteiger partial charge in [0.1, 0.15) is 0 Å². The molecule has 0 unspecified atom stereocenters. The van der Waals surface area contributed by atoms with Crippen molar-refractivity contribution in [2.45, 2.75) is 13.5 Å². The maximum Gasteiger partial charge on any atom is 0.236 e. The number of oxime groups is 1. The van der Waals surface area contributed by atoms with Crippen molar-refractivity contribution in [3.05, 3.63) is 34.3 Å². The standard InChI is InChI=1S/C13H19ClN4O2/c1-3-18(2)12(19)8-16-7-10-5-4-9(6-11(10)14)13(15)17-20/h4-6,16,20H,3,7-8H2,1-2H3,(H2,15,17). The summed E-state index contributed by atoms with van der Waals surface area (Å²) < 4.78 is 0. The Balaban J connectivity index is 2.59. The zero-order valence-corrected chi connectivity index (χ0v) is 12.3. The van der Waals surface area contributed by atoms with Gasteiger partial charge in [-0.15, -0.1) is 0 Å². The number of amides is 1. The number of nitrogens with one attached hydrogen (secondary N) is 1. The molecule has 1 rings (SSSR count). The largest absolute Gasteiger partial charge is 0.409 e. The van der Waals surface area contributed by atoms with E-state index in [1.54, 1.807) is 30.1 Å². The topological polar surface area (TPSA) is 91.0 Å². The first-order valence-corrected chi connectivity index (χ1v) is 6.58. The predicted molar refractivity (Wildman–Crippen MR) is 79.0 cm³/mol. The van der Waals surface area contributed by atoms with Crippen LogP contribution in [0.25, 0.3) is 0 Å². The first-order chi connectivity index (χ1) is 9.49. The molecular weight excluding hydrogens is 280 g/mol. The summed E-state index contributed by atoms with van der Waals surface area (Å²) in [6.45, 7) is 3.32. The molecule has 0 aromatic heterocycles. The summed E-state index contributed by atoms with van der Waals surface area (Å²) in [5, 5.41) is 15.0. The van der Waals surface area contributed by atoms with Gasteiger partial charge < -0.3 is 21.2 Å². The Hall–Kier alpha value is -1.79. The van der Waals surface area contributed by atoms with E-state index in [0.29, 0.717) is 23.7 Å². The number of carbonyl (C=O) groups excluding carboxylic acids is 1. The second-order valence-corrected chi connectivity index (χ2v) is 4.71. The average molecular weight is 299 g/mol. The van der Waals surface area contributed by atoms with Gasteiger partial charge in [0.05, 0.1) is 6.54 Å². The Morgan fingerprint density at radius 2 is 2.25 bits per heavy atom. The molecule has 1 aromatic carbocycles. The summed E-state index contributed by atoms with van der Waals surface area (Å²) in [6.07, 6.45) is 0. The molecule has 0 bridgehead atoms. The zero-order valence-electron chi connectivity index (χ0n) is 11.6. The van der Waals surface area contributed by atoms with Crippen molar-refractivity contribution in [1.82, 2.24) is 10.2 Å². The van der Waals surface area contributed by atoms with Crippen LogP contribution in [0.2, 0.25) is 5.02 Å². The van der Waals surface area contributed by atoms with Gasteiger partial charge in [-0.05, 0) is 18.6 Å². The van der Waals surface area contributed by atoms with Crippen molar-refractivity contribution >= 4 is 23.3 Å². The van der Waals surface area contributed by atoms with E-state index >= 15 is 0 Å². The number of halogens is 1. The molecule has 4 N–H and O–H groups in total.